The van der Waals surface area contributed by atoms with Gasteiger partial charge in [-0.3, -0.25) is 14.9 Å². The zero-order chi connectivity index (χ0) is 13.8. The van der Waals surface area contributed by atoms with E-state index in [0.717, 1.165) is 45.7 Å². The Morgan fingerprint density at radius 1 is 1.25 bits per heavy atom. The van der Waals surface area contributed by atoms with Crippen molar-refractivity contribution in [2.75, 3.05) is 39.3 Å². The van der Waals surface area contributed by atoms with Gasteiger partial charge in [-0.2, -0.15) is 0 Å². The number of aromatic nitrogens is 1. The van der Waals surface area contributed by atoms with E-state index in [-0.39, 0.29) is 0 Å². The van der Waals surface area contributed by atoms with Crippen LogP contribution in [-0.4, -0.2) is 64.5 Å². The second-order valence-electron chi connectivity index (χ2n) is 5.45. The molecule has 0 spiro atoms. The van der Waals surface area contributed by atoms with Crippen LogP contribution >= 0.6 is 11.8 Å². The van der Waals surface area contributed by atoms with Crippen LogP contribution in [0.25, 0.3) is 0 Å². The van der Waals surface area contributed by atoms with Crippen molar-refractivity contribution in [1.29, 1.82) is 0 Å². The molecule has 1 atom stereocenters. The molecular weight excluding hydrogens is 268 g/mol. The Morgan fingerprint density at radius 2 is 2.10 bits per heavy atom. The van der Waals surface area contributed by atoms with Crippen molar-refractivity contribution < 1.29 is 0 Å². The molecule has 0 aromatic carbocycles. The fourth-order valence-electron chi connectivity index (χ4n) is 2.62. The number of nitrogens with zero attached hydrogens (tertiary/aromatic N) is 4. The van der Waals surface area contributed by atoms with E-state index in [1.807, 2.05) is 24.0 Å². The van der Waals surface area contributed by atoms with E-state index in [1.54, 1.807) is 0 Å². The average molecular weight is 290 g/mol. The summed E-state index contributed by atoms with van der Waals surface area (Å²) < 4.78 is 0. The van der Waals surface area contributed by atoms with E-state index in [2.05, 4.69) is 38.8 Å². The highest BCUT2D eigenvalue weighted by molar-refractivity contribution is 8.14. The zero-order valence-electron chi connectivity index (χ0n) is 12.0. The van der Waals surface area contributed by atoms with Crippen LogP contribution in [0.3, 0.4) is 0 Å². The van der Waals surface area contributed by atoms with Crippen molar-refractivity contribution in [1.82, 2.24) is 14.8 Å². The molecule has 2 aliphatic heterocycles. The van der Waals surface area contributed by atoms with Crippen LogP contribution in [0.2, 0.25) is 0 Å². The van der Waals surface area contributed by atoms with Gasteiger partial charge in [0.25, 0.3) is 0 Å². The maximum absolute atomic E-state index is 4.64. The number of thioether (sulfide) groups is 1. The van der Waals surface area contributed by atoms with Gasteiger partial charge < -0.3 is 4.90 Å². The number of hydrogen-bond acceptors (Lipinski definition) is 5. The highest BCUT2D eigenvalue weighted by atomic mass is 32.2. The van der Waals surface area contributed by atoms with Gasteiger partial charge in [-0.25, -0.2) is 0 Å². The fraction of sp³-hybridized carbons (Fsp3) is 0.600. The van der Waals surface area contributed by atoms with Gasteiger partial charge in [0.2, 0.25) is 0 Å². The molecule has 0 aliphatic carbocycles. The Bertz CT molecular complexity index is 454. The minimum Gasteiger partial charge on any atom is -0.349 e. The van der Waals surface area contributed by atoms with Crippen molar-refractivity contribution in [3.05, 3.63) is 30.1 Å². The van der Waals surface area contributed by atoms with Crippen molar-refractivity contribution in [3.63, 3.8) is 0 Å². The summed E-state index contributed by atoms with van der Waals surface area (Å²) in [7, 11) is 0. The topological polar surface area (TPSA) is 31.7 Å². The second kappa shape index (κ2) is 6.59. The SMILES string of the molecule is C[C@@H]1CN=C(N2CCN(CCc3ccccn3)CC2)S1. The molecular formula is C15H22N4S. The molecule has 20 heavy (non-hydrogen) atoms. The van der Waals surface area contributed by atoms with E-state index in [4.69, 9.17) is 0 Å². The molecule has 1 aromatic rings. The summed E-state index contributed by atoms with van der Waals surface area (Å²) in [5.41, 5.74) is 1.19. The van der Waals surface area contributed by atoms with E-state index in [0.29, 0.717) is 5.25 Å². The van der Waals surface area contributed by atoms with Crippen LogP contribution in [0, 0.1) is 0 Å². The van der Waals surface area contributed by atoms with Gasteiger partial charge in [0.15, 0.2) is 5.17 Å². The Hall–Kier alpha value is -1.07. The number of pyridine rings is 1. The lowest BCUT2D eigenvalue weighted by Gasteiger charge is -2.35. The maximum Gasteiger partial charge on any atom is 0.159 e. The molecule has 1 fully saturated rings. The Kier molecular flexibility index (Phi) is 4.58. The second-order valence-corrected chi connectivity index (χ2v) is 6.86. The normalized spacial score (nSPS) is 23.9. The van der Waals surface area contributed by atoms with Gasteiger partial charge in [-0.15, -0.1) is 0 Å². The molecule has 1 saturated heterocycles. The van der Waals surface area contributed by atoms with Gasteiger partial charge in [-0.1, -0.05) is 24.8 Å². The fourth-order valence-corrected chi connectivity index (χ4v) is 3.61. The summed E-state index contributed by atoms with van der Waals surface area (Å²) in [4.78, 5) is 14.0. The summed E-state index contributed by atoms with van der Waals surface area (Å²) in [6.45, 7) is 8.86. The molecule has 2 aliphatic rings. The third kappa shape index (κ3) is 3.52. The number of piperazine rings is 1. The van der Waals surface area contributed by atoms with Gasteiger partial charge in [0.05, 0.1) is 6.54 Å². The van der Waals surface area contributed by atoms with Crippen LogP contribution in [0.15, 0.2) is 29.4 Å². The first-order chi connectivity index (χ1) is 9.81. The van der Waals surface area contributed by atoms with E-state index < -0.39 is 0 Å². The highest BCUT2D eigenvalue weighted by Gasteiger charge is 2.24. The van der Waals surface area contributed by atoms with Gasteiger partial charge in [-0.05, 0) is 12.1 Å². The van der Waals surface area contributed by atoms with Crippen LogP contribution in [0.5, 0.6) is 0 Å². The number of amidine groups is 1. The summed E-state index contributed by atoms with van der Waals surface area (Å²) in [5, 5.41) is 1.93. The monoisotopic (exact) mass is 290 g/mol. The van der Waals surface area contributed by atoms with Crippen LogP contribution in [-0.2, 0) is 6.42 Å². The third-order valence-corrected chi connectivity index (χ3v) is 4.99. The largest absolute Gasteiger partial charge is 0.349 e. The minimum absolute atomic E-state index is 0.659. The molecule has 0 saturated carbocycles. The van der Waals surface area contributed by atoms with Crippen molar-refractivity contribution >= 4 is 16.9 Å². The molecule has 5 heteroatoms. The Balaban J connectivity index is 1.42. The molecule has 3 heterocycles. The predicted octanol–water partition coefficient (Wildman–Crippen LogP) is 1.73. The predicted molar refractivity (Wildman–Crippen MR) is 85.3 cm³/mol. The first-order valence-electron chi connectivity index (χ1n) is 7.39. The standard InChI is InChI=1S/C15H22N4S/c1-13-12-17-15(20-13)19-10-8-18(9-11-19)7-5-14-4-2-3-6-16-14/h2-4,6,13H,5,7-12H2,1H3/t13-/m1/s1. The highest BCUT2D eigenvalue weighted by Crippen LogP contribution is 2.23. The molecule has 108 valence electrons. The van der Waals surface area contributed by atoms with E-state index in [9.17, 15) is 0 Å². The first-order valence-corrected chi connectivity index (χ1v) is 8.27. The van der Waals surface area contributed by atoms with Crippen molar-refractivity contribution in [3.8, 4) is 0 Å². The Morgan fingerprint density at radius 3 is 2.75 bits per heavy atom. The van der Waals surface area contributed by atoms with Gasteiger partial charge in [0, 0.05) is 56.3 Å². The number of aliphatic imine (C=N–C) groups is 1. The van der Waals surface area contributed by atoms with Crippen molar-refractivity contribution in [2.45, 2.75) is 18.6 Å². The third-order valence-electron chi connectivity index (χ3n) is 3.84. The molecule has 0 N–H and O–H groups in total. The molecule has 0 radical (unpaired) electrons. The summed E-state index contributed by atoms with van der Waals surface area (Å²) in [6, 6.07) is 6.15. The molecule has 4 nitrogen and oxygen atoms in total. The summed E-state index contributed by atoms with van der Waals surface area (Å²) in [6.07, 6.45) is 2.93. The van der Waals surface area contributed by atoms with E-state index in [1.165, 1.54) is 10.9 Å². The molecule has 0 bridgehead atoms. The smallest absolute Gasteiger partial charge is 0.159 e. The van der Waals surface area contributed by atoms with Crippen LogP contribution < -0.4 is 0 Å². The molecule has 0 amide bonds. The quantitative estimate of drug-likeness (QED) is 0.848. The summed E-state index contributed by atoms with van der Waals surface area (Å²) in [5.74, 6) is 0. The molecule has 3 rings (SSSR count). The lowest BCUT2D eigenvalue weighted by Crippen LogP contribution is -2.48. The average Bonchev–Trinajstić information content (AvgIpc) is 2.93. The van der Waals surface area contributed by atoms with Crippen LogP contribution in [0.4, 0.5) is 0 Å². The Labute approximate surface area is 125 Å². The zero-order valence-corrected chi connectivity index (χ0v) is 12.9. The number of hydrogen-bond donors (Lipinski definition) is 0. The minimum atomic E-state index is 0.659. The lowest BCUT2D eigenvalue weighted by molar-refractivity contribution is 0.185. The number of rotatable bonds is 3. The summed E-state index contributed by atoms with van der Waals surface area (Å²) >= 11 is 1.93. The maximum atomic E-state index is 4.64. The van der Waals surface area contributed by atoms with Crippen molar-refractivity contribution in [2.24, 2.45) is 4.99 Å². The van der Waals surface area contributed by atoms with E-state index >= 15 is 0 Å². The molecule has 1 aromatic heterocycles. The van der Waals surface area contributed by atoms with Gasteiger partial charge >= 0.3 is 0 Å². The molecule has 0 unspecified atom stereocenters. The van der Waals surface area contributed by atoms with Gasteiger partial charge in [0.1, 0.15) is 0 Å². The van der Waals surface area contributed by atoms with Crippen LogP contribution in [0.1, 0.15) is 12.6 Å². The first kappa shape index (κ1) is 13.9. The lowest BCUT2D eigenvalue weighted by atomic mass is 10.2.